The Balaban J connectivity index is 3.10. The number of hydrogen-bond donors (Lipinski definition) is 3. The Morgan fingerprint density at radius 3 is 2.35 bits per heavy atom. The summed E-state index contributed by atoms with van der Waals surface area (Å²) in [6, 6.07) is 3.78. The predicted molar refractivity (Wildman–Crippen MR) is 60.0 cm³/mol. The van der Waals surface area contributed by atoms with E-state index in [1.165, 1.54) is 25.1 Å². The van der Waals surface area contributed by atoms with E-state index >= 15 is 0 Å². The van der Waals surface area contributed by atoms with Gasteiger partial charge in [0.15, 0.2) is 11.9 Å². The molecule has 2 unspecified atom stereocenters. The fourth-order valence-corrected chi connectivity index (χ4v) is 1.45. The summed E-state index contributed by atoms with van der Waals surface area (Å²) in [6.07, 6.45) is -1.81. The van der Waals surface area contributed by atoms with E-state index in [2.05, 4.69) is 0 Å². The summed E-state index contributed by atoms with van der Waals surface area (Å²) < 4.78 is 0. The van der Waals surface area contributed by atoms with Crippen molar-refractivity contribution in [1.82, 2.24) is 0 Å². The summed E-state index contributed by atoms with van der Waals surface area (Å²) in [6.45, 7) is 1.30. The molecule has 0 amide bonds. The van der Waals surface area contributed by atoms with Crippen molar-refractivity contribution < 1.29 is 24.9 Å². The number of Topliss-reactive ketones (excluding diaryl/α,β-unsaturated/α-hetero) is 1. The van der Waals surface area contributed by atoms with Crippen molar-refractivity contribution in [2.75, 3.05) is 0 Å². The number of ketones is 1. The molecule has 6 heteroatoms. The van der Waals surface area contributed by atoms with Crippen LogP contribution in [0.1, 0.15) is 29.5 Å². The molecule has 3 N–H and O–H groups in total. The number of aliphatic hydroxyl groups excluding tert-OH is 1. The second kappa shape index (κ2) is 5.16. The number of phenolic OH excluding ortho intramolecular Hbond substituents is 1. The van der Waals surface area contributed by atoms with Crippen LogP contribution in [0.2, 0.25) is 0 Å². The van der Waals surface area contributed by atoms with Crippen molar-refractivity contribution in [1.29, 1.82) is 0 Å². The highest BCUT2D eigenvalue weighted by Crippen LogP contribution is 2.30. The van der Waals surface area contributed by atoms with Crippen molar-refractivity contribution in [2.24, 2.45) is 0 Å². The fraction of sp³-hybridized carbons (Fsp3) is 0.273. The van der Waals surface area contributed by atoms with E-state index in [4.69, 9.17) is 16.7 Å². The molecule has 0 spiro atoms. The van der Waals surface area contributed by atoms with Crippen LogP contribution in [0.3, 0.4) is 0 Å². The first-order valence-corrected chi connectivity index (χ1v) is 5.16. The number of halogens is 1. The molecule has 0 fully saturated rings. The van der Waals surface area contributed by atoms with Crippen molar-refractivity contribution in [3.8, 4) is 5.75 Å². The number of alkyl halides is 1. The van der Waals surface area contributed by atoms with Crippen LogP contribution in [0.15, 0.2) is 18.2 Å². The minimum atomic E-state index is -1.81. The van der Waals surface area contributed by atoms with Gasteiger partial charge in [0.1, 0.15) is 11.1 Å². The van der Waals surface area contributed by atoms with Crippen molar-refractivity contribution in [2.45, 2.75) is 18.4 Å². The molecule has 0 aromatic heterocycles. The molecule has 5 nitrogen and oxygen atoms in total. The predicted octanol–water partition coefficient (Wildman–Crippen LogP) is 1.38. The minimum absolute atomic E-state index is 0.145. The smallest absolute Gasteiger partial charge is 0.337 e. The molecule has 17 heavy (non-hydrogen) atoms. The molecule has 2 atom stereocenters. The molecule has 92 valence electrons. The topological polar surface area (TPSA) is 94.8 Å². The number of carbonyl (C=O) groups excluding carboxylic acids is 1. The molecule has 0 saturated carbocycles. The number of carboxylic acids is 1. The van der Waals surface area contributed by atoms with Gasteiger partial charge >= 0.3 is 5.97 Å². The third-order valence-corrected chi connectivity index (χ3v) is 2.79. The van der Waals surface area contributed by atoms with Gasteiger partial charge in [-0.15, -0.1) is 11.6 Å². The molecule has 0 aliphatic rings. The van der Waals surface area contributed by atoms with Crippen LogP contribution < -0.4 is 0 Å². The molecule has 1 aromatic rings. The van der Waals surface area contributed by atoms with Gasteiger partial charge < -0.3 is 15.3 Å². The second-order valence-corrected chi connectivity index (χ2v) is 3.97. The van der Waals surface area contributed by atoms with Gasteiger partial charge in [-0.1, -0.05) is 12.1 Å². The Morgan fingerprint density at radius 1 is 1.35 bits per heavy atom. The minimum Gasteiger partial charge on any atom is -0.508 e. The van der Waals surface area contributed by atoms with Crippen molar-refractivity contribution in [3.63, 3.8) is 0 Å². The fourth-order valence-electron chi connectivity index (χ4n) is 1.32. The first-order valence-electron chi connectivity index (χ1n) is 4.72. The Morgan fingerprint density at radius 2 is 1.94 bits per heavy atom. The van der Waals surface area contributed by atoms with Gasteiger partial charge in [-0.25, -0.2) is 4.79 Å². The van der Waals surface area contributed by atoms with Gasteiger partial charge in [0.25, 0.3) is 0 Å². The zero-order valence-corrected chi connectivity index (χ0v) is 9.68. The highest BCUT2D eigenvalue weighted by atomic mass is 35.5. The maximum Gasteiger partial charge on any atom is 0.337 e. The van der Waals surface area contributed by atoms with Gasteiger partial charge in [-0.05, 0) is 18.6 Å². The maximum atomic E-state index is 11.0. The number of rotatable bonds is 4. The summed E-state index contributed by atoms with van der Waals surface area (Å²) in [5.41, 5.74) is 0.201. The van der Waals surface area contributed by atoms with E-state index in [1.807, 2.05) is 0 Å². The monoisotopic (exact) mass is 258 g/mol. The summed E-state index contributed by atoms with van der Waals surface area (Å²) in [5, 5.41) is 26.5. The summed E-state index contributed by atoms with van der Waals surface area (Å²) >= 11 is 5.77. The Bertz CT molecular complexity index is 457. The number of benzene rings is 1. The van der Waals surface area contributed by atoms with E-state index in [0.29, 0.717) is 5.56 Å². The van der Waals surface area contributed by atoms with E-state index < -0.39 is 23.2 Å². The Kier molecular flexibility index (Phi) is 4.09. The summed E-state index contributed by atoms with van der Waals surface area (Å²) in [4.78, 5) is 21.6. The van der Waals surface area contributed by atoms with Gasteiger partial charge in [-0.2, -0.15) is 0 Å². The third kappa shape index (κ3) is 2.95. The lowest BCUT2D eigenvalue weighted by molar-refractivity contribution is -0.147. The lowest BCUT2D eigenvalue weighted by Crippen LogP contribution is -2.11. The van der Waals surface area contributed by atoms with E-state index in [1.54, 1.807) is 0 Å². The molecule has 0 radical (unpaired) electrons. The molecular weight excluding hydrogens is 248 g/mol. The average molecular weight is 259 g/mol. The highest BCUT2D eigenvalue weighted by molar-refractivity contribution is 6.30. The number of carbonyl (C=O) groups is 2. The molecule has 0 aliphatic heterocycles. The Hall–Kier alpha value is -1.59. The van der Waals surface area contributed by atoms with Gasteiger partial charge in [0.2, 0.25) is 0 Å². The lowest BCUT2D eigenvalue weighted by atomic mass is 10.0. The second-order valence-electron chi connectivity index (χ2n) is 3.53. The number of hydrogen-bond acceptors (Lipinski definition) is 4. The van der Waals surface area contributed by atoms with Crippen LogP contribution in [0.5, 0.6) is 5.75 Å². The van der Waals surface area contributed by atoms with E-state index in [-0.39, 0.29) is 11.3 Å². The molecular formula is C11H11ClO5. The molecule has 1 aromatic carbocycles. The zero-order chi connectivity index (χ0) is 13.2. The first-order chi connectivity index (χ1) is 7.84. The van der Waals surface area contributed by atoms with Crippen LogP contribution in [0.4, 0.5) is 0 Å². The number of aromatic hydroxyl groups is 1. The highest BCUT2D eigenvalue weighted by Gasteiger charge is 2.21. The lowest BCUT2D eigenvalue weighted by Gasteiger charge is -2.11. The molecule has 0 saturated heterocycles. The van der Waals surface area contributed by atoms with Crippen molar-refractivity contribution in [3.05, 3.63) is 29.3 Å². The van der Waals surface area contributed by atoms with Crippen LogP contribution in [-0.2, 0) is 9.59 Å². The molecule has 0 heterocycles. The molecule has 0 aliphatic carbocycles. The largest absolute Gasteiger partial charge is 0.508 e. The van der Waals surface area contributed by atoms with E-state index in [0.717, 1.165) is 0 Å². The molecule has 0 bridgehead atoms. The number of carboxylic acid groups (broad SMARTS) is 1. The van der Waals surface area contributed by atoms with Crippen LogP contribution in [0, 0.1) is 0 Å². The average Bonchev–Trinajstić information content (AvgIpc) is 2.26. The van der Waals surface area contributed by atoms with Crippen LogP contribution in [-0.4, -0.2) is 27.1 Å². The number of aliphatic carboxylic acids is 1. The van der Waals surface area contributed by atoms with Gasteiger partial charge in [-0.3, -0.25) is 4.79 Å². The van der Waals surface area contributed by atoms with Gasteiger partial charge in [0, 0.05) is 5.56 Å². The van der Waals surface area contributed by atoms with Gasteiger partial charge in [0.05, 0.1) is 0 Å². The number of aliphatic hydroxyl groups is 1. The first kappa shape index (κ1) is 13.5. The quantitative estimate of drug-likeness (QED) is 0.709. The normalized spacial score (nSPS) is 14.1. The zero-order valence-electron chi connectivity index (χ0n) is 8.92. The molecule has 1 rings (SSSR count). The third-order valence-electron chi connectivity index (χ3n) is 2.23. The Labute approximate surface area is 102 Å². The SMILES string of the molecule is CC(=O)C(Cl)c1ccc(C(O)C(=O)O)c(O)c1. The van der Waals surface area contributed by atoms with Crippen molar-refractivity contribution >= 4 is 23.4 Å². The standard InChI is InChI=1S/C11H11ClO5/c1-5(13)9(12)6-2-3-7(8(14)4-6)10(15)11(16)17/h2-4,9-10,14-15H,1H3,(H,16,17). The van der Waals surface area contributed by atoms with E-state index in [9.17, 15) is 19.8 Å². The summed E-state index contributed by atoms with van der Waals surface area (Å²) in [7, 11) is 0. The van der Waals surface area contributed by atoms with Crippen LogP contribution in [0.25, 0.3) is 0 Å². The van der Waals surface area contributed by atoms with Crippen LogP contribution >= 0.6 is 11.6 Å². The maximum absolute atomic E-state index is 11.0. The number of phenols is 1. The summed E-state index contributed by atoms with van der Waals surface area (Å²) in [5.74, 6) is -2.18.